The molecular weight excluding hydrogens is 200 g/mol. The Balaban J connectivity index is 2.42. The van der Waals surface area contributed by atoms with Crippen LogP contribution in [0.25, 0.3) is 0 Å². The average Bonchev–Trinajstić information content (AvgIpc) is 2.33. The number of hydrogen-bond acceptors (Lipinski definition) is 2. The van der Waals surface area contributed by atoms with E-state index in [-0.39, 0.29) is 5.75 Å². The van der Waals surface area contributed by atoms with Crippen LogP contribution in [0.3, 0.4) is 0 Å². The van der Waals surface area contributed by atoms with Crippen molar-refractivity contribution in [2.75, 3.05) is 0 Å². The fourth-order valence-corrected chi connectivity index (χ4v) is 1.75. The Bertz CT molecular complexity index is 477. The standard InChI is InChI=1S/C14H14O2/c1-10-12(8-5-9-13(10)15)14(16)11-6-3-2-4-7-11/h2-9,14-16H,1H3. The molecule has 0 fully saturated rings. The first-order valence-corrected chi connectivity index (χ1v) is 5.21. The smallest absolute Gasteiger partial charge is 0.118 e. The number of rotatable bonds is 2. The highest BCUT2D eigenvalue weighted by Crippen LogP contribution is 2.28. The van der Waals surface area contributed by atoms with Gasteiger partial charge in [-0.05, 0) is 29.7 Å². The minimum atomic E-state index is -0.687. The molecule has 2 rings (SSSR count). The van der Waals surface area contributed by atoms with E-state index in [2.05, 4.69) is 0 Å². The Morgan fingerprint density at radius 3 is 2.31 bits per heavy atom. The van der Waals surface area contributed by atoms with Gasteiger partial charge in [0.2, 0.25) is 0 Å². The molecule has 0 aliphatic rings. The van der Waals surface area contributed by atoms with Crippen molar-refractivity contribution in [3.8, 4) is 5.75 Å². The molecule has 16 heavy (non-hydrogen) atoms. The van der Waals surface area contributed by atoms with Crippen LogP contribution in [0, 0.1) is 6.92 Å². The maximum absolute atomic E-state index is 10.2. The van der Waals surface area contributed by atoms with Crippen LogP contribution in [0.2, 0.25) is 0 Å². The van der Waals surface area contributed by atoms with Gasteiger partial charge in [0.15, 0.2) is 0 Å². The molecule has 0 saturated carbocycles. The fraction of sp³-hybridized carbons (Fsp3) is 0.143. The van der Waals surface area contributed by atoms with Crippen molar-refractivity contribution in [3.63, 3.8) is 0 Å². The molecular formula is C14H14O2. The van der Waals surface area contributed by atoms with Gasteiger partial charge in [0.1, 0.15) is 11.9 Å². The van der Waals surface area contributed by atoms with Gasteiger partial charge in [0.25, 0.3) is 0 Å². The van der Waals surface area contributed by atoms with E-state index >= 15 is 0 Å². The lowest BCUT2D eigenvalue weighted by atomic mass is 9.97. The van der Waals surface area contributed by atoms with Crippen LogP contribution < -0.4 is 0 Å². The molecule has 2 aromatic carbocycles. The topological polar surface area (TPSA) is 40.5 Å². The second-order valence-electron chi connectivity index (χ2n) is 3.80. The lowest BCUT2D eigenvalue weighted by molar-refractivity contribution is 0.219. The van der Waals surface area contributed by atoms with Crippen LogP contribution in [0.1, 0.15) is 22.8 Å². The van der Waals surface area contributed by atoms with Gasteiger partial charge in [0, 0.05) is 0 Å². The molecule has 82 valence electrons. The van der Waals surface area contributed by atoms with Crippen molar-refractivity contribution >= 4 is 0 Å². The molecule has 2 aromatic rings. The molecule has 2 N–H and O–H groups in total. The molecule has 2 heteroatoms. The summed E-state index contributed by atoms with van der Waals surface area (Å²) in [5.74, 6) is 0.215. The summed E-state index contributed by atoms with van der Waals surface area (Å²) < 4.78 is 0. The van der Waals surface area contributed by atoms with Gasteiger partial charge in [-0.25, -0.2) is 0 Å². The predicted molar refractivity (Wildman–Crippen MR) is 63.3 cm³/mol. The van der Waals surface area contributed by atoms with E-state index < -0.39 is 6.10 Å². The highest BCUT2D eigenvalue weighted by molar-refractivity contribution is 5.42. The predicted octanol–water partition coefficient (Wildman–Crippen LogP) is 2.78. The third-order valence-corrected chi connectivity index (χ3v) is 2.76. The Labute approximate surface area is 94.8 Å². The summed E-state index contributed by atoms with van der Waals surface area (Å²) in [6, 6.07) is 14.6. The number of hydrogen-bond donors (Lipinski definition) is 2. The number of aliphatic hydroxyl groups is 1. The van der Waals surface area contributed by atoms with Crippen molar-refractivity contribution in [1.82, 2.24) is 0 Å². The summed E-state index contributed by atoms with van der Waals surface area (Å²) in [6.07, 6.45) is -0.687. The van der Waals surface area contributed by atoms with E-state index in [1.807, 2.05) is 36.4 Å². The molecule has 0 bridgehead atoms. The van der Waals surface area contributed by atoms with Gasteiger partial charge in [-0.15, -0.1) is 0 Å². The molecule has 0 radical (unpaired) electrons. The number of phenolic OH excluding ortho intramolecular Hbond substituents is 1. The van der Waals surface area contributed by atoms with Crippen LogP contribution in [0.15, 0.2) is 48.5 Å². The average molecular weight is 214 g/mol. The molecule has 0 spiro atoms. The molecule has 0 amide bonds. The zero-order valence-corrected chi connectivity index (χ0v) is 9.09. The monoisotopic (exact) mass is 214 g/mol. The molecule has 0 aromatic heterocycles. The Morgan fingerprint density at radius 2 is 1.62 bits per heavy atom. The van der Waals surface area contributed by atoms with Crippen LogP contribution in [0.5, 0.6) is 5.75 Å². The zero-order chi connectivity index (χ0) is 11.5. The molecule has 1 unspecified atom stereocenters. The highest BCUT2D eigenvalue weighted by Gasteiger charge is 2.13. The lowest BCUT2D eigenvalue weighted by Gasteiger charge is -2.14. The van der Waals surface area contributed by atoms with Crippen molar-refractivity contribution < 1.29 is 10.2 Å². The Morgan fingerprint density at radius 1 is 0.938 bits per heavy atom. The van der Waals surface area contributed by atoms with Crippen LogP contribution in [0.4, 0.5) is 0 Å². The third kappa shape index (κ3) is 1.92. The van der Waals surface area contributed by atoms with Gasteiger partial charge >= 0.3 is 0 Å². The summed E-state index contributed by atoms with van der Waals surface area (Å²) in [4.78, 5) is 0. The SMILES string of the molecule is Cc1c(O)cccc1C(O)c1ccccc1. The van der Waals surface area contributed by atoms with E-state index in [1.54, 1.807) is 19.1 Å². The molecule has 0 aliphatic carbocycles. The first-order chi connectivity index (χ1) is 7.70. The van der Waals surface area contributed by atoms with E-state index in [4.69, 9.17) is 0 Å². The number of phenols is 1. The quantitative estimate of drug-likeness (QED) is 0.807. The maximum Gasteiger partial charge on any atom is 0.118 e. The van der Waals surface area contributed by atoms with Crippen molar-refractivity contribution in [3.05, 3.63) is 65.2 Å². The minimum absolute atomic E-state index is 0.215. The normalized spacial score (nSPS) is 12.4. The second-order valence-corrected chi connectivity index (χ2v) is 3.80. The van der Waals surface area contributed by atoms with Gasteiger partial charge in [-0.2, -0.15) is 0 Å². The van der Waals surface area contributed by atoms with E-state index in [9.17, 15) is 10.2 Å². The lowest BCUT2D eigenvalue weighted by Crippen LogP contribution is -2.01. The van der Waals surface area contributed by atoms with E-state index in [0.29, 0.717) is 0 Å². The van der Waals surface area contributed by atoms with E-state index in [1.165, 1.54) is 0 Å². The van der Waals surface area contributed by atoms with Gasteiger partial charge in [-0.3, -0.25) is 0 Å². The van der Waals surface area contributed by atoms with Crippen molar-refractivity contribution in [2.24, 2.45) is 0 Å². The van der Waals surface area contributed by atoms with Gasteiger partial charge in [-0.1, -0.05) is 42.5 Å². The third-order valence-electron chi connectivity index (χ3n) is 2.76. The zero-order valence-electron chi connectivity index (χ0n) is 9.09. The fourth-order valence-electron chi connectivity index (χ4n) is 1.75. The second kappa shape index (κ2) is 4.37. The summed E-state index contributed by atoms with van der Waals surface area (Å²) >= 11 is 0. The summed E-state index contributed by atoms with van der Waals surface area (Å²) in [5, 5.41) is 19.8. The molecule has 2 nitrogen and oxygen atoms in total. The molecule has 0 saturated heterocycles. The van der Waals surface area contributed by atoms with Crippen LogP contribution >= 0.6 is 0 Å². The highest BCUT2D eigenvalue weighted by atomic mass is 16.3. The first kappa shape index (κ1) is 10.7. The maximum atomic E-state index is 10.2. The molecule has 0 heterocycles. The number of aromatic hydroxyl groups is 1. The minimum Gasteiger partial charge on any atom is -0.508 e. The number of benzene rings is 2. The summed E-state index contributed by atoms with van der Waals surface area (Å²) in [7, 11) is 0. The van der Waals surface area contributed by atoms with Gasteiger partial charge in [0.05, 0.1) is 0 Å². The first-order valence-electron chi connectivity index (χ1n) is 5.21. The summed E-state index contributed by atoms with van der Waals surface area (Å²) in [6.45, 7) is 1.80. The number of aliphatic hydroxyl groups excluding tert-OH is 1. The molecule has 1 atom stereocenters. The van der Waals surface area contributed by atoms with E-state index in [0.717, 1.165) is 16.7 Å². The largest absolute Gasteiger partial charge is 0.508 e. The van der Waals surface area contributed by atoms with Gasteiger partial charge < -0.3 is 10.2 Å². The van der Waals surface area contributed by atoms with Crippen LogP contribution in [-0.4, -0.2) is 10.2 Å². The Kier molecular flexibility index (Phi) is 2.93. The van der Waals surface area contributed by atoms with Crippen LogP contribution in [-0.2, 0) is 0 Å². The Hall–Kier alpha value is -1.80. The molecule has 0 aliphatic heterocycles. The summed E-state index contributed by atoms with van der Waals surface area (Å²) in [5.41, 5.74) is 2.29. The van der Waals surface area contributed by atoms with Crippen molar-refractivity contribution in [1.29, 1.82) is 0 Å². The van der Waals surface area contributed by atoms with Crippen molar-refractivity contribution in [2.45, 2.75) is 13.0 Å².